The summed E-state index contributed by atoms with van der Waals surface area (Å²) in [5, 5.41) is 3.55. The lowest BCUT2D eigenvalue weighted by molar-refractivity contribution is 0.331. The first kappa shape index (κ1) is 10.8. The quantitative estimate of drug-likeness (QED) is 0.657. The molecule has 3 atom stereocenters. The van der Waals surface area contributed by atoms with Crippen molar-refractivity contribution in [2.75, 3.05) is 6.54 Å². The van der Waals surface area contributed by atoms with Crippen LogP contribution in [0.15, 0.2) is 12.2 Å². The van der Waals surface area contributed by atoms with Crippen LogP contribution in [0.5, 0.6) is 0 Å². The minimum absolute atomic E-state index is 0.558. The molecule has 0 spiro atoms. The van der Waals surface area contributed by atoms with E-state index in [1.165, 1.54) is 24.8 Å². The average molecular weight is 181 g/mol. The van der Waals surface area contributed by atoms with Crippen molar-refractivity contribution in [3.63, 3.8) is 0 Å². The number of nitrogens with one attached hydrogen (secondary N) is 1. The molecular weight excluding hydrogens is 158 g/mol. The van der Waals surface area contributed by atoms with Crippen molar-refractivity contribution in [3.05, 3.63) is 12.2 Å². The summed E-state index contributed by atoms with van der Waals surface area (Å²) in [6.45, 7) is 11.9. The Balaban J connectivity index is 2.57. The highest BCUT2D eigenvalue weighted by Gasteiger charge is 2.30. The zero-order valence-electron chi connectivity index (χ0n) is 9.27. The van der Waals surface area contributed by atoms with E-state index >= 15 is 0 Å². The van der Waals surface area contributed by atoms with Crippen LogP contribution < -0.4 is 5.32 Å². The van der Waals surface area contributed by atoms with Crippen LogP contribution in [0, 0.1) is 11.8 Å². The first-order chi connectivity index (χ1) is 6.16. The Morgan fingerprint density at radius 1 is 1.54 bits per heavy atom. The minimum atomic E-state index is 0.558. The number of hydrogen-bond donors (Lipinski definition) is 1. The molecule has 76 valence electrons. The predicted octanol–water partition coefficient (Wildman–Crippen LogP) is 2.98. The largest absolute Gasteiger partial charge is 0.310 e. The molecule has 0 aromatic carbocycles. The topological polar surface area (TPSA) is 12.0 Å². The fourth-order valence-electron chi connectivity index (χ4n) is 2.58. The molecule has 3 unspecified atom stereocenters. The van der Waals surface area contributed by atoms with Gasteiger partial charge >= 0.3 is 0 Å². The average Bonchev–Trinajstić information content (AvgIpc) is 2.47. The summed E-state index contributed by atoms with van der Waals surface area (Å²) in [5.74, 6) is 1.71. The molecule has 1 fully saturated rings. The van der Waals surface area contributed by atoms with E-state index in [-0.39, 0.29) is 0 Å². The van der Waals surface area contributed by atoms with Crippen molar-refractivity contribution in [3.8, 4) is 0 Å². The molecule has 0 saturated heterocycles. The van der Waals surface area contributed by atoms with Gasteiger partial charge in [-0.05, 0) is 31.7 Å². The van der Waals surface area contributed by atoms with Crippen LogP contribution in [-0.2, 0) is 0 Å². The molecule has 0 bridgehead atoms. The summed E-state index contributed by atoms with van der Waals surface area (Å²) in [7, 11) is 0. The Kier molecular flexibility index (Phi) is 3.98. The maximum Gasteiger partial charge on any atom is 0.0304 e. The fourth-order valence-corrected chi connectivity index (χ4v) is 2.58. The van der Waals surface area contributed by atoms with Crippen molar-refractivity contribution in [2.45, 2.75) is 46.1 Å². The number of hydrogen-bond acceptors (Lipinski definition) is 1. The summed E-state index contributed by atoms with van der Waals surface area (Å²) in [4.78, 5) is 0. The van der Waals surface area contributed by atoms with E-state index in [1.807, 2.05) is 0 Å². The molecule has 0 radical (unpaired) electrons. The van der Waals surface area contributed by atoms with Crippen molar-refractivity contribution < 1.29 is 0 Å². The molecule has 1 heteroatoms. The zero-order valence-corrected chi connectivity index (χ0v) is 9.27. The third-order valence-corrected chi connectivity index (χ3v) is 3.31. The maximum atomic E-state index is 4.09. The van der Waals surface area contributed by atoms with Crippen LogP contribution in [0.2, 0.25) is 0 Å². The molecule has 0 aromatic rings. The summed E-state index contributed by atoms with van der Waals surface area (Å²) in [6, 6.07) is 0.558. The van der Waals surface area contributed by atoms with Gasteiger partial charge in [-0.3, -0.25) is 0 Å². The maximum absolute atomic E-state index is 4.09. The van der Waals surface area contributed by atoms with Crippen molar-refractivity contribution in [1.29, 1.82) is 0 Å². The van der Waals surface area contributed by atoms with E-state index in [0.717, 1.165) is 18.4 Å². The number of rotatable bonds is 4. The van der Waals surface area contributed by atoms with Crippen LogP contribution in [0.25, 0.3) is 0 Å². The second-order valence-electron chi connectivity index (χ2n) is 4.45. The molecule has 1 aliphatic carbocycles. The minimum Gasteiger partial charge on any atom is -0.310 e. The van der Waals surface area contributed by atoms with E-state index in [4.69, 9.17) is 0 Å². The predicted molar refractivity (Wildman–Crippen MR) is 58.8 cm³/mol. The van der Waals surface area contributed by atoms with Gasteiger partial charge in [-0.25, -0.2) is 0 Å². The molecule has 0 aromatic heterocycles. The van der Waals surface area contributed by atoms with Crippen LogP contribution >= 0.6 is 0 Å². The lowest BCUT2D eigenvalue weighted by atomic mass is 9.87. The first-order valence-electron chi connectivity index (χ1n) is 5.55. The van der Waals surface area contributed by atoms with Gasteiger partial charge in [0.25, 0.3) is 0 Å². The third kappa shape index (κ3) is 2.57. The second kappa shape index (κ2) is 4.80. The smallest absolute Gasteiger partial charge is 0.0304 e. The lowest BCUT2D eigenvalue weighted by Gasteiger charge is -2.28. The Bertz CT molecular complexity index is 174. The summed E-state index contributed by atoms with van der Waals surface area (Å²) < 4.78 is 0. The highest BCUT2D eigenvalue weighted by Crippen LogP contribution is 2.35. The molecule has 0 amide bonds. The number of likely N-dealkylation sites (N-methyl/N-ethyl adjacent to an activating group) is 1. The van der Waals surface area contributed by atoms with Gasteiger partial charge < -0.3 is 5.32 Å². The Hall–Kier alpha value is -0.300. The van der Waals surface area contributed by atoms with Gasteiger partial charge in [-0.1, -0.05) is 38.8 Å². The molecule has 1 aliphatic rings. The molecule has 13 heavy (non-hydrogen) atoms. The van der Waals surface area contributed by atoms with Gasteiger partial charge in [-0.2, -0.15) is 0 Å². The summed E-state index contributed by atoms with van der Waals surface area (Å²) in [6.07, 6.45) is 4.19. The van der Waals surface area contributed by atoms with Gasteiger partial charge in [0.2, 0.25) is 0 Å². The van der Waals surface area contributed by atoms with Gasteiger partial charge in [0, 0.05) is 6.04 Å². The van der Waals surface area contributed by atoms with E-state index in [0.29, 0.717) is 6.04 Å². The monoisotopic (exact) mass is 181 g/mol. The highest BCUT2D eigenvalue weighted by atomic mass is 14.9. The zero-order chi connectivity index (χ0) is 9.84. The van der Waals surface area contributed by atoms with Crippen molar-refractivity contribution in [1.82, 2.24) is 5.32 Å². The highest BCUT2D eigenvalue weighted by molar-refractivity contribution is 5.06. The fraction of sp³-hybridized carbons (Fsp3) is 0.833. The Morgan fingerprint density at radius 2 is 2.23 bits per heavy atom. The van der Waals surface area contributed by atoms with E-state index in [2.05, 4.69) is 32.7 Å². The molecule has 0 aliphatic heterocycles. The molecule has 0 heterocycles. The normalized spacial score (nSPS) is 30.4. The van der Waals surface area contributed by atoms with Crippen LogP contribution in [0.3, 0.4) is 0 Å². The standard InChI is InChI=1S/C12H23N/c1-5-13-12(9(2)3)11-8-6-7-10(11)4/h10-13H,2,5-8H2,1,3-4H3. The SMILES string of the molecule is C=C(C)C(NCC)C1CCCC1C. The summed E-state index contributed by atoms with van der Waals surface area (Å²) >= 11 is 0. The van der Waals surface area contributed by atoms with Gasteiger partial charge in [0.15, 0.2) is 0 Å². The van der Waals surface area contributed by atoms with Crippen molar-refractivity contribution in [2.24, 2.45) is 11.8 Å². The van der Waals surface area contributed by atoms with Crippen LogP contribution in [0.4, 0.5) is 0 Å². The Labute approximate surface area is 82.6 Å². The summed E-state index contributed by atoms with van der Waals surface area (Å²) in [5.41, 5.74) is 1.31. The molecular formula is C12H23N. The van der Waals surface area contributed by atoms with E-state index < -0.39 is 0 Å². The van der Waals surface area contributed by atoms with Crippen LogP contribution in [0.1, 0.15) is 40.0 Å². The first-order valence-corrected chi connectivity index (χ1v) is 5.55. The Morgan fingerprint density at radius 3 is 2.62 bits per heavy atom. The van der Waals surface area contributed by atoms with Gasteiger partial charge in [0.05, 0.1) is 0 Å². The molecule has 1 N–H and O–H groups in total. The third-order valence-electron chi connectivity index (χ3n) is 3.31. The second-order valence-corrected chi connectivity index (χ2v) is 4.45. The van der Waals surface area contributed by atoms with Gasteiger partial charge in [-0.15, -0.1) is 0 Å². The molecule has 1 nitrogen and oxygen atoms in total. The molecule has 1 rings (SSSR count). The lowest BCUT2D eigenvalue weighted by Crippen LogP contribution is -2.38. The van der Waals surface area contributed by atoms with Crippen molar-refractivity contribution >= 4 is 0 Å². The van der Waals surface area contributed by atoms with E-state index in [1.54, 1.807) is 0 Å². The molecule has 1 saturated carbocycles. The van der Waals surface area contributed by atoms with E-state index in [9.17, 15) is 0 Å². The van der Waals surface area contributed by atoms with Crippen LogP contribution in [-0.4, -0.2) is 12.6 Å². The van der Waals surface area contributed by atoms with Gasteiger partial charge in [0.1, 0.15) is 0 Å².